The summed E-state index contributed by atoms with van der Waals surface area (Å²) in [7, 11) is 4.02. The second kappa shape index (κ2) is 8.33. The second-order valence-corrected chi connectivity index (χ2v) is 7.51. The first-order chi connectivity index (χ1) is 12.5. The highest BCUT2D eigenvalue weighted by molar-refractivity contribution is 7.10. The largest absolute Gasteiger partial charge is 0.482 e. The van der Waals surface area contributed by atoms with Gasteiger partial charge in [-0.1, -0.05) is 6.07 Å². The van der Waals surface area contributed by atoms with E-state index in [2.05, 4.69) is 10.2 Å². The second-order valence-electron chi connectivity index (χ2n) is 6.48. The molecule has 0 atom stereocenters. The number of ether oxygens (including phenoxy) is 1. The van der Waals surface area contributed by atoms with Crippen LogP contribution in [0, 0.1) is 0 Å². The van der Waals surface area contributed by atoms with Gasteiger partial charge in [0.05, 0.1) is 12.1 Å². The Balaban J connectivity index is 1.71. The van der Waals surface area contributed by atoms with Crippen LogP contribution in [-0.4, -0.2) is 50.5 Å². The first kappa shape index (κ1) is 18.4. The topological polar surface area (TPSA) is 61.9 Å². The molecule has 0 fully saturated rings. The predicted octanol–water partition coefficient (Wildman–Crippen LogP) is 2.61. The van der Waals surface area contributed by atoms with Crippen molar-refractivity contribution in [2.24, 2.45) is 0 Å². The molecular weight excluding hydrogens is 350 g/mol. The zero-order valence-electron chi connectivity index (χ0n) is 15.0. The monoisotopic (exact) mass is 373 g/mol. The highest BCUT2D eigenvalue weighted by Crippen LogP contribution is 2.34. The number of hydrogen-bond donors (Lipinski definition) is 1. The summed E-state index contributed by atoms with van der Waals surface area (Å²) in [5, 5.41) is 4.86. The third-order valence-corrected chi connectivity index (χ3v) is 4.96. The lowest BCUT2D eigenvalue weighted by Crippen LogP contribution is -2.40. The summed E-state index contributed by atoms with van der Waals surface area (Å²) in [6, 6.07) is 9.30. The molecule has 0 bridgehead atoms. The number of amides is 2. The van der Waals surface area contributed by atoms with E-state index in [1.54, 1.807) is 22.3 Å². The molecule has 26 heavy (non-hydrogen) atoms. The lowest BCUT2D eigenvalue weighted by molar-refractivity contribution is -0.121. The molecule has 2 heterocycles. The maximum Gasteiger partial charge on any atom is 0.265 e. The van der Waals surface area contributed by atoms with Gasteiger partial charge in [0.15, 0.2) is 6.61 Å². The molecule has 6 nitrogen and oxygen atoms in total. The van der Waals surface area contributed by atoms with Gasteiger partial charge in [0, 0.05) is 17.1 Å². The zero-order chi connectivity index (χ0) is 18.5. The van der Waals surface area contributed by atoms with Crippen LogP contribution in [0.4, 0.5) is 11.4 Å². The first-order valence-electron chi connectivity index (χ1n) is 8.57. The molecule has 0 radical (unpaired) electrons. The molecule has 138 valence electrons. The van der Waals surface area contributed by atoms with Crippen molar-refractivity contribution in [1.82, 2.24) is 4.90 Å². The summed E-state index contributed by atoms with van der Waals surface area (Å²) < 4.78 is 5.53. The van der Waals surface area contributed by atoms with Crippen molar-refractivity contribution in [3.63, 3.8) is 0 Å². The fourth-order valence-corrected chi connectivity index (χ4v) is 3.55. The fourth-order valence-electron chi connectivity index (χ4n) is 2.85. The predicted molar refractivity (Wildman–Crippen MR) is 104 cm³/mol. The van der Waals surface area contributed by atoms with Crippen LogP contribution >= 0.6 is 11.3 Å². The van der Waals surface area contributed by atoms with E-state index >= 15 is 0 Å². The molecule has 0 spiro atoms. The Labute approximate surface area is 157 Å². The highest BCUT2D eigenvalue weighted by Gasteiger charge is 2.25. The van der Waals surface area contributed by atoms with Crippen molar-refractivity contribution in [2.45, 2.75) is 12.8 Å². The van der Waals surface area contributed by atoms with Crippen molar-refractivity contribution >= 4 is 34.5 Å². The molecule has 2 amide bonds. The number of fused-ring (bicyclic) bond motifs is 1. The van der Waals surface area contributed by atoms with E-state index in [0.717, 1.165) is 17.8 Å². The van der Waals surface area contributed by atoms with Gasteiger partial charge >= 0.3 is 0 Å². The molecular formula is C19H23N3O3S. The number of rotatable bonds is 7. The number of carbonyl (C=O) groups excluding carboxylic acids is 2. The number of anilines is 2. The molecule has 1 aliphatic heterocycles. The van der Waals surface area contributed by atoms with Crippen LogP contribution in [0.15, 0.2) is 35.7 Å². The zero-order valence-corrected chi connectivity index (χ0v) is 15.8. The molecule has 0 saturated carbocycles. The van der Waals surface area contributed by atoms with Gasteiger partial charge in [-0.3, -0.25) is 9.59 Å². The molecule has 1 N–H and O–H groups in total. The SMILES string of the molecule is CN(C)CCCN1C(=O)COc2ccc(NC(=O)Cc3cccs3)cc21. The van der Waals surface area contributed by atoms with Crippen molar-refractivity contribution in [2.75, 3.05) is 44.0 Å². The van der Waals surface area contributed by atoms with E-state index in [1.807, 2.05) is 43.7 Å². The summed E-state index contributed by atoms with van der Waals surface area (Å²) in [6.07, 6.45) is 1.21. The van der Waals surface area contributed by atoms with Gasteiger partial charge in [-0.15, -0.1) is 11.3 Å². The summed E-state index contributed by atoms with van der Waals surface area (Å²) in [5.74, 6) is 0.540. The molecule has 1 aromatic carbocycles. The van der Waals surface area contributed by atoms with E-state index in [9.17, 15) is 9.59 Å². The van der Waals surface area contributed by atoms with Crippen LogP contribution in [0.1, 0.15) is 11.3 Å². The first-order valence-corrected chi connectivity index (χ1v) is 9.45. The van der Waals surface area contributed by atoms with Gasteiger partial charge in [-0.2, -0.15) is 0 Å². The number of hydrogen-bond acceptors (Lipinski definition) is 5. The lowest BCUT2D eigenvalue weighted by Gasteiger charge is -2.30. The number of thiophene rings is 1. The molecule has 1 aromatic heterocycles. The van der Waals surface area contributed by atoms with Gasteiger partial charge < -0.3 is 19.9 Å². The smallest absolute Gasteiger partial charge is 0.265 e. The van der Waals surface area contributed by atoms with E-state index in [1.165, 1.54) is 0 Å². The van der Waals surface area contributed by atoms with Crippen molar-refractivity contribution in [3.05, 3.63) is 40.6 Å². The Kier molecular flexibility index (Phi) is 5.90. The van der Waals surface area contributed by atoms with Crippen molar-refractivity contribution in [1.29, 1.82) is 0 Å². The van der Waals surface area contributed by atoms with E-state index in [4.69, 9.17) is 4.74 Å². The summed E-state index contributed by atoms with van der Waals surface area (Å²) in [5.41, 5.74) is 1.38. The molecule has 0 unspecified atom stereocenters. The summed E-state index contributed by atoms with van der Waals surface area (Å²) >= 11 is 1.56. The molecule has 0 saturated heterocycles. The average Bonchev–Trinajstić information content (AvgIpc) is 3.09. The standard InChI is InChI=1S/C19H23N3O3S/c1-21(2)8-4-9-22-16-11-14(6-7-17(16)25-13-19(22)24)20-18(23)12-15-5-3-10-26-15/h3,5-7,10-11H,4,8-9,12-13H2,1-2H3,(H,20,23). The summed E-state index contributed by atoms with van der Waals surface area (Å²) in [6.45, 7) is 1.58. The van der Waals surface area contributed by atoms with Gasteiger partial charge in [-0.05, 0) is 56.7 Å². The van der Waals surface area contributed by atoms with Crippen LogP contribution in [0.3, 0.4) is 0 Å². The van der Waals surface area contributed by atoms with E-state index < -0.39 is 0 Å². The third kappa shape index (κ3) is 4.62. The minimum Gasteiger partial charge on any atom is -0.482 e. The van der Waals surface area contributed by atoms with E-state index in [-0.39, 0.29) is 18.4 Å². The molecule has 2 aromatic rings. The molecule has 0 aliphatic carbocycles. The normalized spacial score (nSPS) is 13.5. The number of nitrogens with one attached hydrogen (secondary N) is 1. The number of benzene rings is 1. The Bertz CT molecular complexity index is 774. The molecule has 1 aliphatic rings. The molecule has 3 rings (SSSR count). The highest BCUT2D eigenvalue weighted by atomic mass is 32.1. The van der Waals surface area contributed by atoms with Gasteiger partial charge in [0.2, 0.25) is 5.91 Å². The lowest BCUT2D eigenvalue weighted by atomic mass is 10.2. The third-order valence-electron chi connectivity index (χ3n) is 4.09. The van der Waals surface area contributed by atoms with Crippen LogP contribution in [0.2, 0.25) is 0 Å². The van der Waals surface area contributed by atoms with Crippen molar-refractivity contribution < 1.29 is 14.3 Å². The van der Waals surface area contributed by atoms with Crippen LogP contribution < -0.4 is 15.0 Å². The Morgan fingerprint density at radius 1 is 1.35 bits per heavy atom. The van der Waals surface area contributed by atoms with Crippen molar-refractivity contribution in [3.8, 4) is 5.75 Å². The van der Waals surface area contributed by atoms with Crippen LogP contribution in [-0.2, 0) is 16.0 Å². The van der Waals surface area contributed by atoms with E-state index in [0.29, 0.717) is 30.1 Å². The summed E-state index contributed by atoms with van der Waals surface area (Å²) in [4.78, 5) is 29.4. The Hall–Kier alpha value is -2.38. The fraction of sp³-hybridized carbons (Fsp3) is 0.368. The Morgan fingerprint density at radius 3 is 2.92 bits per heavy atom. The van der Waals surface area contributed by atoms with Crippen LogP contribution in [0.25, 0.3) is 0 Å². The maximum absolute atomic E-state index is 12.3. The number of nitrogens with zero attached hydrogens (tertiary/aromatic N) is 2. The number of carbonyl (C=O) groups is 2. The Morgan fingerprint density at radius 2 is 2.19 bits per heavy atom. The quantitative estimate of drug-likeness (QED) is 0.810. The average molecular weight is 373 g/mol. The maximum atomic E-state index is 12.3. The van der Waals surface area contributed by atoms with Crippen LogP contribution in [0.5, 0.6) is 5.75 Å². The molecule has 7 heteroatoms. The van der Waals surface area contributed by atoms with Gasteiger partial charge in [0.25, 0.3) is 5.91 Å². The van der Waals surface area contributed by atoms with Gasteiger partial charge in [0.1, 0.15) is 5.75 Å². The minimum absolute atomic E-state index is 0.0546. The van der Waals surface area contributed by atoms with Gasteiger partial charge in [-0.25, -0.2) is 0 Å². The minimum atomic E-state index is -0.0744.